The molecule has 90 valence electrons. The van der Waals surface area contributed by atoms with Crippen LogP contribution in [0.15, 0.2) is 12.4 Å². The van der Waals surface area contributed by atoms with Gasteiger partial charge in [-0.3, -0.25) is 4.98 Å². The molecular formula is C11H20N4S. The quantitative estimate of drug-likeness (QED) is 0.824. The van der Waals surface area contributed by atoms with Crippen LogP contribution in [0.3, 0.4) is 0 Å². The summed E-state index contributed by atoms with van der Waals surface area (Å²) in [6.07, 6.45) is 6.82. The van der Waals surface area contributed by atoms with Gasteiger partial charge in [-0.25, -0.2) is 4.98 Å². The first kappa shape index (κ1) is 13.1. The molecule has 0 aliphatic rings. The number of nitrogens with one attached hydrogen (secondary N) is 1. The van der Waals surface area contributed by atoms with Crippen molar-refractivity contribution in [1.82, 2.24) is 9.97 Å². The molecule has 1 heterocycles. The van der Waals surface area contributed by atoms with Crippen molar-refractivity contribution in [3.63, 3.8) is 0 Å². The normalized spacial score (nSPS) is 12.2. The van der Waals surface area contributed by atoms with Crippen LogP contribution in [-0.4, -0.2) is 42.1 Å². The Hall–Kier alpha value is -0.970. The molecule has 1 atom stereocenters. The molecule has 0 amide bonds. The molecule has 1 rings (SSSR count). The van der Waals surface area contributed by atoms with Crippen LogP contribution in [0.2, 0.25) is 0 Å². The van der Waals surface area contributed by atoms with Gasteiger partial charge in [0.25, 0.3) is 0 Å². The highest BCUT2D eigenvalue weighted by Gasteiger charge is 2.11. The van der Waals surface area contributed by atoms with E-state index in [-0.39, 0.29) is 0 Å². The number of aromatic nitrogens is 2. The van der Waals surface area contributed by atoms with Gasteiger partial charge in [-0.15, -0.1) is 0 Å². The molecule has 0 aliphatic heterocycles. The van der Waals surface area contributed by atoms with Crippen molar-refractivity contribution in [2.24, 2.45) is 0 Å². The minimum Gasteiger partial charge on any atom is -0.372 e. The molecule has 0 spiro atoms. The molecule has 0 bridgehead atoms. The van der Waals surface area contributed by atoms with Crippen LogP contribution in [0, 0.1) is 0 Å². The second kappa shape index (κ2) is 6.58. The molecule has 5 heteroatoms. The predicted molar refractivity (Wildman–Crippen MR) is 72.4 cm³/mol. The van der Waals surface area contributed by atoms with E-state index < -0.39 is 0 Å². The largest absolute Gasteiger partial charge is 0.372 e. The summed E-state index contributed by atoms with van der Waals surface area (Å²) in [5.74, 6) is 2.90. The fourth-order valence-corrected chi connectivity index (χ4v) is 1.93. The van der Waals surface area contributed by atoms with Gasteiger partial charge >= 0.3 is 0 Å². The zero-order chi connectivity index (χ0) is 12.0. The maximum atomic E-state index is 4.47. The Bertz CT molecular complexity index is 319. The molecular weight excluding hydrogens is 220 g/mol. The summed E-state index contributed by atoms with van der Waals surface area (Å²) in [5.41, 5.74) is 0. The smallest absolute Gasteiger partial charge is 0.149 e. The third kappa shape index (κ3) is 3.56. The monoisotopic (exact) mass is 240 g/mol. The molecule has 1 aromatic heterocycles. The summed E-state index contributed by atoms with van der Waals surface area (Å²) in [7, 11) is 3.92. The van der Waals surface area contributed by atoms with Crippen LogP contribution in [0.1, 0.15) is 13.3 Å². The third-order valence-corrected chi connectivity index (χ3v) is 3.28. The van der Waals surface area contributed by atoms with Gasteiger partial charge in [0.1, 0.15) is 11.6 Å². The number of nitrogens with zero attached hydrogens (tertiary/aromatic N) is 3. The second-order valence-electron chi connectivity index (χ2n) is 3.75. The fraction of sp³-hybridized carbons (Fsp3) is 0.636. The molecule has 0 aromatic carbocycles. The Morgan fingerprint density at radius 3 is 2.88 bits per heavy atom. The van der Waals surface area contributed by atoms with Crippen molar-refractivity contribution in [3.05, 3.63) is 12.4 Å². The standard InChI is InChI=1S/C11H20N4S/c1-9(5-6-16-4)15(3)11-8-13-7-10(12-2)14-11/h7-9H,5-6H2,1-4H3,(H,12,14). The van der Waals surface area contributed by atoms with Crippen LogP contribution < -0.4 is 10.2 Å². The van der Waals surface area contributed by atoms with Gasteiger partial charge < -0.3 is 10.2 Å². The van der Waals surface area contributed by atoms with Crippen molar-refractivity contribution >= 4 is 23.4 Å². The van der Waals surface area contributed by atoms with E-state index in [1.165, 1.54) is 5.75 Å². The lowest BCUT2D eigenvalue weighted by Crippen LogP contribution is -2.30. The van der Waals surface area contributed by atoms with Crippen LogP contribution in [0.4, 0.5) is 11.6 Å². The van der Waals surface area contributed by atoms with Gasteiger partial charge in [0.05, 0.1) is 12.4 Å². The Morgan fingerprint density at radius 1 is 1.50 bits per heavy atom. The molecule has 4 nitrogen and oxygen atoms in total. The average molecular weight is 240 g/mol. The first-order chi connectivity index (χ1) is 7.69. The molecule has 1 N–H and O–H groups in total. The van der Waals surface area contributed by atoms with Crippen LogP contribution in [-0.2, 0) is 0 Å². The highest BCUT2D eigenvalue weighted by Crippen LogP contribution is 2.15. The van der Waals surface area contributed by atoms with Gasteiger partial charge in [-0.05, 0) is 25.4 Å². The van der Waals surface area contributed by atoms with Crippen molar-refractivity contribution in [2.75, 3.05) is 36.3 Å². The van der Waals surface area contributed by atoms with Gasteiger partial charge in [0.15, 0.2) is 0 Å². The van der Waals surface area contributed by atoms with Crippen molar-refractivity contribution in [2.45, 2.75) is 19.4 Å². The van der Waals surface area contributed by atoms with Crippen LogP contribution >= 0.6 is 11.8 Å². The first-order valence-electron chi connectivity index (χ1n) is 5.40. The molecule has 0 saturated heterocycles. The number of thioether (sulfide) groups is 1. The SMILES string of the molecule is CNc1cncc(N(C)C(C)CCSC)n1. The number of rotatable bonds is 6. The van der Waals surface area contributed by atoms with Crippen molar-refractivity contribution < 1.29 is 0 Å². The summed E-state index contributed by atoms with van der Waals surface area (Å²) in [4.78, 5) is 10.8. The van der Waals surface area contributed by atoms with E-state index in [4.69, 9.17) is 0 Å². The first-order valence-corrected chi connectivity index (χ1v) is 6.80. The zero-order valence-electron chi connectivity index (χ0n) is 10.4. The minimum atomic E-state index is 0.480. The van der Waals surface area contributed by atoms with E-state index in [1.54, 1.807) is 12.4 Å². The summed E-state index contributed by atoms with van der Waals surface area (Å²) >= 11 is 1.88. The van der Waals surface area contributed by atoms with Crippen LogP contribution in [0.5, 0.6) is 0 Å². The fourth-order valence-electron chi connectivity index (χ4n) is 1.35. The molecule has 1 unspecified atom stereocenters. The zero-order valence-corrected chi connectivity index (χ0v) is 11.2. The number of anilines is 2. The Kier molecular flexibility index (Phi) is 5.38. The summed E-state index contributed by atoms with van der Waals surface area (Å²) in [6.45, 7) is 2.21. The molecule has 1 aromatic rings. The highest BCUT2D eigenvalue weighted by molar-refractivity contribution is 7.98. The summed E-state index contributed by atoms with van der Waals surface area (Å²) < 4.78 is 0. The average Bonchev–Trinajstić information content (AvgIpc) is 2.35. The predicted octanol–water partition coefficient (Wildman–Crippen LogP) is 2.10. The lowest BCUT2D eigenvalue weighted by atomic mass is 10.2. The lowest BCUT2D eigenvalue weighted by molar-refractivity contribution is 0.661. The summed E-state index contributed by atoms with van der Waals surface area (Å²) in [6, 6.07) is 0.480. The maximum absolute atomic E-state index is 4.47. The Labute approximate surface area is 102 Å². The van der Waals surface area contributed by atoms with E-state index in [2.05, 4.69) is 40.4 Å². The van der Waals surface area contributed by atoms with E-state index in [1.807, 2.05) is 18.8 Å². The summed E-state index contributed by atoms with van der Waals surface area (Å²) in [5, 5.41) is 3.00. The highest BCUT2D eigenvalue weighted by atomic mass is 32.2. The lowest BCUT2D eigenvalue weighted by Gasteiger charge is -2.25. The van der Waals surface area contributed by atoms with Gasteiger partial charge in [-0.1, -0.05) is 0 Å². The maximum Gasteiger partial charge on any atom is 0.149 e. The molecule has 0 aliphatic carbocycles. The molecule has 16 heavy (non-hydrogen) atoms. The van der Waals surface area contributed by atoms with E-state index >= 15 is 0 Å². The van der Waals surface area contributed by atoms with Gasteiger partial charge in [-0.2, -0.15) is 11.8 Å². The second-order valence-corrected chi connectivity index (χ2v) is 4.74. The van der Waals surface area contributed by atoms with E-state index in [0.717, 1.165) is 18.1 Å². The van der Waals surface area contributed by atoms with Crippen molar-refractivity contribution in [1.29, 1.82) is 0 Å². The molecule has 0 radical (unpaired) electrons. The molecule has 0 fully saturated rings. The number of hydrogen-bond acceptors (Lipinski definition) is 5. The minimum absolute atomic E-state index is 0.480. The third-order valence-electron chi connectivity index (χ3n) is 2.64. The van der Waals surface area contributed by atoms with E-state index in [0.29, 0.717) is 6.04 Å². The number of hydrogen-bond donors (Lipinski definition) is 1. The Balaban J connectivity index is 2.67. The van der Waals surface area contributed by atoms with Crippen LogP contribution in [0.25, 0.3) is 0 Å². The van der Waals surface area contributed by atoms with E-state index in [9.17, 15) is 0 Å². The topological polar surface area (TPSA) is 41.1 Å². The van der Waals surface area contributed by atoms with Crippen molar-refractivity contribution in [3.8, 4) is 0 Å². The van der Waals surface area contributed by atoms with Gasteiger partial charge in [0.2, 0.25) is 0 Å². The van der Waals surface area contributed by atoms with Gasteiger partial charge in [0, 0.05) is 20.1 Å². The Morgan fingerprint density at radius 2 is 2.25 bits per heavy atom. The molecule has 0 saturated carbocycles.